The zero-order valence-corrected chi connectivity index (χ0v) is 12.5. The predicted octanol–water partition coefficient (Wildman–Crippen LogP) is 3.76. The lowest BCUT2D eigenvalue weighted by molar-refractivity contribution is -0.136. The van der Waals surface area contributed by atoms with Crippen LogP contribution in [0.15, 0.2) is 48.5 Å². The third kappa shape index (κ3) is 3.77. The number of carboxylic acid groups (broad SMARTS) is 1. The lowest BCUT2D eigenvalue weighted by Crippen LogP contribution is -2.15. The highest BCUT2D eigenvalue weighted by atomic mass is 35.5. The molecule has 1 atom stereocenters. The van der Waals surface area contributed by atoms with Crippen molar-refractivity contribution in [3.8, 4) is 11.1 Å². The minimum absolute atomic E-state index is 0.259. The van der Waals surface area contributed by atoms with Crippen LogP contribution in [0.3, 0.4) is 0 Å². The molecule has 0 aliphatic carbocycles. The maximum Gasteiger partial charge on any atom is 0.321 e. The Bertz CT molecular complexity index is 677. The number of nitrogens with two attached hydrogens (primary N) is 1. The normalized spacial score (nSPS) is 11.9. The van der Waals surface area contributed by atoms with E-state index in [0.29, 0.717) is 10.6 Å². The zero-order chi connectivity index (χ0) is 15.4. The molecule has 4 N–H and O–H groups in total. The summed E-state index contributed by atoms with van der Waals surface area (Å²) < 4.78 is 0. The summed E-state index contributed by atoms with van der Waals surface area (Å²) in [7, 11) is 0. The second-order valence-electron chi connectivity index (χ2n) is 4.30. The van der Waals surface area contributed by atoms with Crippen LogP contribution < -0.4 is 5.73 Å². The number of carboxylic acids is 1. The van der Waals surface area contributed by atoms with Crippen molar-refractivity contribution in [1.82, 2.24) is 0 Å². The molecule has 0 heterocycles. The van der Waals surface area contributed by atoms with Crippen LogP contribution in [0.25, 0.3) is 11.1 Å². The summed E-state index contributed by atoms with van der Waals surface area (Å²) in [6.07, 6.45) is 0. The smallest absolute Gasteiger partial charge is 0.321 e. The molecule has 0 amide bonds. The molecule has 1 unspecified atom stereocenters. The van der Waals surface area contributed by atoms with Crippen molar-refractivity contribution in [2.75, 3.05) is 0 Å². The molecule has 2 aromatic rings. The molecule has 0 saturated carbocycles. The maximum absolute atomic E-state index is 11.3. The van der Waals surface area contributed by atoms with Gasteiger partial charge in [0.25, 0.3) is 0 Å². The van der Waals surface area contributed by atoms with Gasteiger partial charge in [-0.05, 0) is 22.8 Å². The van der Waals surface area contributed by atoms with Gasteiger partial charge in [-0.3, -0.25) is 10.2 Å². The molecule has 0 fully saturated rings. The lowest BCUT2D eigenvalue weighted by atomic mass is 10.0. The maximum atomic E-state index is 11.3. The molecule has 108 valence electrons. The number of halogens is 1. The first kappa shape index (κ1) is 15.4. The summed E-state index contributed by atoms with van der Waals surface area (Å²) in [5.41, 5.74) is 7.61. The molecule has 0 aliphatic rings. The number of nitrogens with one attached hydrogen (secondary N) is 1. The number of hydrogen-bond acceptors (Lipinski definition) is 3. The molecular weight excluding hydrogens is 308 g/mol. The van der Waals surface area contributed by atoms with Crippen LogP contribution in [-0.2, 0) is 4.79 Å². The van der Waals surface area contributed by atoms with Gasteiger partial charge in [-0.2, -0.15) is 0 Å². The summed E-state index contributed by atoms with van der Waals surface area (Å²) in [5.74, 6) is -1.08. The minimum Gasteiger partial charge on any atom is -0.480 e. The molecular formula is C15H13ClN2O2S. The Kier molecular flexibility index (Phi) is 4.88. The number of benzene rings is 2. The van der Waals surface area contributed by atoms with Crippen LogP contribution in [0.4, 0.5) is 0 Å². The van der Waals surface area contributed by atoms with Gasteiger partial charge in [-0.25, -0.2) is 0 Å². The Balaban J connectivity index is 2.38. The summed E-state index contributed by atoms with van der Waals surface area (Å²) >= 11 is 6.97. The highest BCUT2D eigenvalue weighted by Gasteiger charge is 2.24. The predicted molar refractivity (Wildman–Crippen MR) is 86.8 cm³/mol. The fourth-order valence-electron chi connectivity index (χ4n) is 1.92. The van der Waals surface area contributed by atoms with Gasteiger partial charge in [0, 0.05) is 5.02 Å². The van der Waals surface area contributed by atoms with Gasteiger partial charge >= 0.3 is 5.97 Å². The molecule has 0 aromatic heterocycles. The fraction of sp³-hybridized carbons (Fsp3) is 0.0667. The van der Waals surface area contributed by atoms with Gasteiger partial charge in [0.05, 0.1) is 0 Å². The lowest BCUT2D eigenvalue weighted by Gasteiger charge is -2.14. The Hall–Kier alpha value is -1.98. The monoisotopic (exact) mass is 320 g/mol. The molecule has 0 spiro atoms. The Labute approximate surface area is 131 Å². The van der Waals surface area contributed by atoms with E-state index in [1.54, 1.807) is 12.1 Å². The Morgan fingerprint density at radius 2 is 1.86 bits per heavy atom. The molecule has 21 heavy (non-hydrogen) atoms. The van der Waals surface area contributed by atoms with E-state index in [2.05, 4.69) is 0 Å². The van der Waals surface area contributed by atoms with Crippen molar-refractivity contribution in [2.45, 2.75) is 5.25 Å². The summed E-state index contributed by atoms with van der Waals surface area (Å²) in [4.78, 5) is 11.3. The first-order valence-electron chi connectivity index (χ1n) is 6.07. The number of hydrogen-bond donors (Lipinski definition) is 3. The van der Waals surface area contributed by atoms with Crippen molar-refractivity contribution in [2.24, 2.45) is 5.73 Å². The molecule has 2 aromatic carbocycles. The van der Waals surface area contributed by atoms with Crippen LogP contribution in [0, 0.1) is 5.41 Å². The largest absolute Gasteiger partial charge is 0.480 e. The summed E-state index contributed by atoms with van der Waals surface area (Å²) in [5, 5.41) is 15.6. The van der Waals surface area contributed by atoms with Crippen LogP contribution in [-0.4, -0.2) is 16.2 Å². The third-order valence-corrected chi connectivity index (χ3v) is 4.13. The van der Waals surface area contributed by atoms with E-state index in [0.717, 1.165) is 22.9 Å². The fourth-order valence-corrected chi connectivity index (χ4v) is 2.97. The van der Waals surface area contributed by atoms with E-state index in [1.165, 1.54) is 0 Å². The van der Waals surface area contributed by atoms with Crippen molar-refractivity contribution in [3.05, 3.63) is 59.1 Å². The van der Waals surface area contributed by atoms with Crippen LogP contribution in [0.2, 0.25) is 5.02 Å². The topological polar surface area (TPSA) is 87.2 Å². The van der Waals surface area contributed by atoms with Gasteiger partial charge in [0.2, 0.25) is 0 Å². The van der Waals surface area contributed by atoms with E-state index in [9.17, 15) is 9.90 Å². The SMILES string of the molecule is N=C(N)SC(C(=O)O)c1ccc(-c2ccccc2)cc1Cl. The highest BCUT2D eigenvalue weighted by molar-refractivity contribution is 8.14. The first-order chi connectivity index (χ1) is 9.99. The van der Waals surface area contributed by atoms with Gasteiger partial charge < -0.3 is 10.8 Å². The van der Waals surface area contributed by atoms with Crippen molar-refractivity contribution < 1.29 is 9.90 Å². The van der Waals surface area contributed by atoms with Crippen LogP contribution in [0.5, 0.6) is 0 Å². The van der Waals surface area contributed by atoms with E-state index < -0.39 is 11.2 Å². The van der Waals surface area contributed by atoms with E-state index in [1.807, 2.05) is 36.4 Å². The van der Waals surface area contributed by atoms with E-state index in [4.69, 9.17) is 22.7 Å². The third-order valence-electron chi connectivity index (χ3n) is 2.86. The molecule has 2 rings (SSSR count). The molecule has 0 saturated heterocycles. The minimum atomic E-state index is -1.08. The second kappa shape index (κ2) is 6.65. The number of carbonyl (C=O) groups is 1. The quantitative estimate of drug-likeness (QED) is 0.591. The van der Waals surface area contributed by atoms with Gasteiger partial charge in [0.1, 0.15) is 5.25 Å². The van der Waals surface area contributed by atoms with E-state index >= 15 is 0 Å². The molecule has 0 aliphatic heterocycles. The highest BCUT2D eigenvalue weighted by Crippen LogP contribution is 2.36. The molecule has 0 bridgehead atoms. The number of amidine groups is 1. The molecule has 6 heteroatoms. The standard InChI is InChI=1S/C15H13ClN2O2S/c16-12-8-10(9-4-2-1-3-5-9)6-7-11(12)13(14(19)20)21-15(17)18/h1-8,13H,(H3,17,18)(H,19,20). The van der Waals surface area contributed by atoms with Crippen molar-refractivity contribution >= 4 is 34.5 Å². The van der Waals surface area contributed by atoms with E-state index in [-0.39, 0.29) is 5.17 Å². The molecule has 4 nitrogen and oxygen atoms in total. The Morgan fingerprint density at radius 1 is 1.19 bits per heavy atom. The van der Waals surface area contributed by atoms with Crippen LogP contribution >= 0.6 is 23.4 Å². The molecule has 0 radical (unpaired) electrons. The van der Waals surface area contributed by atoms with Crippen molar-refractivity contribution in [3.63, 3.8) is 0 Å². The van der Waals surface area contributed by atoms with Crippen LogP contribution in [0.1, 0.15) is 10.8 Å². The van der Waals surface area contributed by atoms with Gasteiger partial charge in [-0.15, -0.1) is 0 Å². The summed E-state index contributed by atoms with van der Waals surface area (Å²) in [6, 6.07) is 14.9. The number of aliphatic carboxylic acids is 1. The number of thioether (sulfide) groups is 1. The average molecular weight is 321 g/mol. The first-order valence-corrected chi connectivity index (χ1v) is 7.33. The second-order valence-corrected chi connectivity index (χ2v) is 5.86. The number of rotatable bonds is 4. The van der Waals surface area contributed by atoms with Gasteiger partial charge in [0.15, 0.2) is 5.17 Å². The van der Waals surface area contributed by atoms with Gasteiger partial charge in [-0.1, -0.05) is 65.8 Å². The Morgan fingerprint density at radius 3 is 2.38 bits per heavy atom. The van der Waals surface area contributed by atoms with Crippen molar-refractivity contribution in [1.29, 1.82) is 5.41 Å². The zero-order valence-electron chi connectivity index (χ0n) is 10.9. The average Bonchev–Trinajstić information content (AvgIpc) is 2.45. The summed E-state index contributed by atoms with van der Waals surface area (Å²) in [6.45, 7) is 0.